The average Bonchev–Trinajstić information content (AvgIpc) is 3.31. The van der Waals surface area contributed by atoms with E-state index in [1.807, 2.05) is 41.0 Å². The van der Waals surface area contributed by atoms with Crippen LogP contribution >= 0.6 is 0 Å². The molecule has 0 saturated carbocycles. The van der Waals surface area contributed by atoms with Crippen LogP contribution in [-0.4, -0.2) is 51.2 Å². The van der Waals surface area contributed by atoms with Crippen LogP contribution in [0.5, 0.6) is 0 Å². The summed E-state index contributed by atoms with van der Waals surface area (Å²) >= 11 is 0. The van der Waals surface area contributed by atoms with Crippen LogP contribution in [0.3, 0.4) is 0 Å². The minimum absolute atomic E-state index is 0.0635. The zero-order chi connectivity index (χ0) is 27.9. The van der Waals surface area contributed by atoms with Crippen LogP contribution in [-0.2, 0) is 17.8 Å². The number of hydrogen-bond donors (Lipinski definition) is 1. The fraction of sp³-hybridized carbons (Fsp3) is 0.394. The first-order chi connectivity index (χ1) is 19.5. The van der Waals surface area contributed by atoms with E-state index >= 15 is 0 Å². The molecule has 1 aromatic heterocycles. The Labute approximate surface area is 236 Å². The van der Waals surface area contributed by atoms with Gasteiger partial charge in [-0.05, 0) is 48.4 Å². The molecule has 40 heavy (non-hydrogen) atoms. The van der Waals surface area contributed by atoms with Crippen molar-refractivity contribution in [1.82, 2.24) is 19.4 Å². The van der Waals surface area contributed by atoms with Gasteiger partial charge >= 0.3 is 11.8 Å². The van der Waals surface area contributed by atoms with Crippen molar-refractivity contribution in [2.75, 3.05) is 19.7 Å². The zero-order valence-electron chi connectivity index (χ0n) is 23.5. The lowest BCUT2D eigenvalue weighted by atomic mass is 10.0. The lowest BCUT2D eigenvalue weighted by Crippen LogP contribution is -2.44. The Balaban J connectivity index is 1.23. The van der Waals surface area contributed by atoms with E-state index in [4.69, 9.17) is 4.74 Å². The number of carbonyl (C=O) groups is 1. The number of aromatic nitrogens is 2. The van der Waals surface area contributed by atoms with Crippen molar-refractivity contribution >= 4 is 17.1 Å². The van der Waals surface area contributed by atoms with Gasteiger partial charge in [-0.15, -0.1) is 0 Å². The number of imidazole rings is 1. The number of aromatic amines is 1. The second-order valence-electron chi connectivity index (χ2n) is 11.3. The minimum Gasteiger partial charge on any atom is -0.448 e. The molecule has 7 nitrogen and oxygen atoms in total. The van der Waals surface area contributed by atoms with Crippen molar-refractivity contribution in [3.63, 3.8) is 0 Å². The van der Waals surface area contributed by atoms with E-state index in [-0.39, 0.29) is 23.9 Å². The lowest BCUT2D eigenvalue weighted by Gasteiger charge is -2.35. The smallest absolute Gasteiger partial charge is 0.409 e. The van der Waals surface area contributed by atoms with E-state index in [1.165, 1.54) is 11.1 Å². The average molecular weight is 541 g/mol. The number of hydrogen-bond acceptors (Lipinski definition) is 4. The number of nitrogens with zero attached hydrogens (tertiary/aromatic N) is 3. The number of rotatable bonds is 10. The van der Waals surface area contributed by atoms with E-state index < -0.39 is 0 Å². The summed E-state index contributed by atoms with van der Waals surface area (Å²) in [5.74, 6) is 0.461. The first kappa shape index (κ1) is 27.7. The van der Waals surface area contributed by atoms with E-state index in [0.29, 0.717) is 25.6 Å². The van der Waals surface area contributed by atoms with Crippen LogP contribution in [0.25, 0.3) is 11.0 Å². The highest BCUT2D eigenvalue weighted by atomic mass is 16.6. The number of para-hydroxylation sites is 2. The molecule has 1 aliphatic rings. The summed E-state index contributed by atoms with van der Waals surface area (Å²) in [6.45, 7) is 7.50. The quantitative estimate of drug-likeness (QED) is 0.259. The normalized spacial score (nSPS) is 15.2. The van der Waals surface area contributed by atoms with Gasteiger partial charge in [-0.1, -0.05) is 86.6 Å². The van der Waals surface area contributed by atoms with Gasteiger partial charge in [0.15, 0.2) is 0 Å². The Morgan fingerprint density at radius 1 is 0.900 bits per heavy atom. The summed E-state index contributed by atoms with van der Waals surface area (Å²) in [7, 11) is 0. The molecule has 1 aliphatic heterocycles. The molecule has 2 heterocycles. The molecule has 0 unspecified atom stereocenters. The summed E-state index contributed by atoms with van der Waals surface area (Å²) in [5.41, 5.74) is 4.17. The molecule has 210 valence electrons. The molecule has 1 saturated heterocycles. The predicted molar refractivity (Wildman–Crippen MR) is 159 cm³/mol. The van der Waals surface area contributed by atoms with E-state index in [2.05, 4.69) is 72.3 Å². The molecule has 1 N–H and O–H groups in total. The number of H-pyrrole nitrogens is 1. The van der Waals surface area contributed by atoms with Crippen LogP contribution in [0.4, 0.5) is 4.79 Å². The van der Waals surface area contributed by atoms with Gasteiger partial charge in [0.05, 0.1) is 11.0 Å². The first-order valence-electron chi connectivity index (χ1n) is 14.4. The van der Waals surface area contributed by atoms with Crippen LogP contribution < -0.4 is 5.69 Å². The van der Waals surface area contributed by atoms with Crippen molar-refractivity contribution in [2.24, 2.45) is 5.92 Å². The summed E-state index contributed by atoms with van der Waals surface area (Å²) in [6, 6.07) is 28.9. The van der Waals surface area contributed by atoms with Gasteiger partial charge in [-0.25, -0.2) is 9.59 Å². The van der Waals surface area contributed by atoms with Gasteiger partial charge in [0.2, 0.25) is 0 Å². The molecule has 0 spiro atoms. The molecule has 1 atom stereocenters. The predicted octanol–water partition coefficient (Wildman–Crippen LogP) is 6.22. The highest BCUT2D eigenvalue weighted by molar-refractivity contribution is 5.75. The monoisotopic (exact) mass is 540 g/mol. The van der Waals surface area contributed by atoms with Crippen LogP contribution in [0.15, 0.2) is 89.7 Å². The fourth-order valence-corrected chi connectivity index (χ4v) is 5.82. The van der Waals surface area contributed by atoms with E-state index in [9.17, 15) is 9.59 Å². The van der Waals surface area contributed by atoms with Gasteiger partial charge < -0.3 is 14.6 Å². The summed E-state index contributed by atoms with van der Waals surface area (Å²) in [4.78, 5) is 33.0. The third kappa shape index (κ3) is 6.83. The SMILES string of the molecule is CC(C)C[C@H](COC(=O)N1CCC(n2c(=O)[nH]c3ccccc32)CC1)N(Cc1ccccc1)Cc1ccccc1. The molecule has 7 heteroatoms. The molecule has 1 fully saturated rings. The Hall–Kier alpha value is -3.84. The van der Waals surface area contributed by atoms with Gasteiger partial charge in [0.25, 0.3) is 0 Å². The number of carbonyl (C=O) groups excluding carboxylic acids is 1. The molecule has 4 aromatic rings. The van der Waals surface area contributed by atoms with Gasteiger partial charge in [-0.2, -0.15) is 0 Å². The number of nitrogens with one attached hydrogen (secondary N) is 1. The second-order valence-corrected chi connectivity index (χ2v) is 11.3. The molecule has 5 rings (SSSR count). The molecule has 0 bridgehead atoms. The Kier molecular flexibility index (Phi) is 9.01. The van der Waals surface area contributed by atoms with Crippen LogP contribution in [0.1, 0.15) is 50.3 Å². The van der Waals surface area contributed by atoms with E-state index in [0.717, 1.165) is 43.4 Å². The number of ether oxygens (including phenoxy) is 1. The van der Waals surface area contributed by atoms with Crippen LogP contribution in [0.2, 0.25) is 0 Å². The van der Waals surface area contributed by atoms with Gasteiger partial charge in [0.1, 0.15) is 6.61 Å². The number of benzene rings is 3. The third-order valence-electron chi connectivity index (χ3n) is 7.83. The molecular weight excluding hydrogens is 500 g/mol. The van der Waals surface area contributed by atoms with Crippen molar-refractivity contribution < 1.29 is 9.53 Å². The third-order valence-corrected chi connectivity index (χ3v) is 7.83. The van der Waals surface area contributed by atoms with Crippen molar-refractivity contribution in [1.29, 1.82) is 0 Å². The highest BCUT2D eigenvalue weighted by Gasteiger charge is 2.28. The van der Waals surface area contributed by atoms with E-state index in [1.54, 1.807) is 4.90 Å². The Morgan fingerprint density at radius 3 is 2.08 bits per heavy atom. The molecule has 0 radical (unpaired) electrons. The van der Waals surface area contributed by atoms with Crippen molar-refractivity contribution in [3.05, 3.63) is 107 Å². The largest absolute Gasteiger partial charge is 0.448 e. The molecular formula is C33H40N4O3. The van der Waals surface area contributed by atoms with Crippen molar-refractivity contribution in [2.45, 2.75) is 58.3 Å². The summed E-state index contributed by atoms with van der Waals surface area (Å²) < 4.78 is 7.84. The number of likely N-dealkylation sites (tertiary alicyclic amines) is 1. The molecule has 1 amide bonds. The zero-order valence-corrected chi connectivity index (χ0v) is 23.5. The molecule has 3 aromatic carbocycles. The minimum atomic E-state index is -0.266. The van der Waals surface area contributed by atoms with Gasteiger partial charge in [-0.3, -0.25) is 9.47 Å². The summed E-state index contributed by atoms with van der Waals surface area (Å²) in [5, 5.41) is 0. The van der Waals surface area contributed by atoms with Crippen LogP contribution in [0, 0.1) is 5.92 Å². The number of fused-ring (bicyclic) bond motifs is 1. The Morgan fingerprint density at radius 2 is 1.48 bits per heavy atom. The lowest BCUT2D eigenvalue weighted by molar-refractivity contribution is 0.0453. The topological polar surface area (TPSA) is 70.6 Å². The number of amides is 1. The maximum absolute atomic E-state index is 13.2. The maximum atomic E-state index is 13.2. The second kappa shape index (κ2) is 13.0. The highest BCUT2D eigenvalue weighted by Crippen LogP contribution is 2.26. The number of piperidine rings is 1. The molecule has 0 aliphatic carbocycles. The first-order valence-corrected chi connectivity index (χ1v) is 14.4. The fourth-order valence-electron chi connectivity index (χ4n) is 5.82. The van der Waals surface area contributed by atoms with Gasteiger partial charge in [0, 0.05) is 38.3 Å². The van der Waals surface area contributed by atoms with Crippen molar-refractivity contribution in [3.8, 4) is 0 Å². The standard InChI is InChI=1S/C33H40N4O3/c1-25(2)21-29(36(22-26-11-5-3-6-12-26)23-27-13-7-4-8-14-27)24-40-33(39)35-19-17-28(18-20-35)37-31-16-10-9-15-30(31)34-32(37)38/h3-16,25,28-29H,17-24H2,1-2H3,(H,34,38)/t29-/m1/s1. The Bertz CT molecular complexity index is 1380. The summed E-state index contributed by atoms with van der Waals surface area (Å²) in [6.07, 6.45) is 2.11. The maximum Gasteiger partial charge on any atom is 0.409 e.